The van der Waals surface area contributed by atoms with E-state index >= 15 is 0 Å². The molecule has 5 atom stereocenters. The molecule has 0 fully saturated rings. The number of hydrogen-bond acceptors (Lipinski definition) is 12. The van der Waals surface area contributed by atoms with Crippen LogP contribution in [0.2, 0.25) is 0 Å². The third-order valence-electron chi connectivity index (χ3n) is 2.99. The van der Waals surface area contributed by atoms with Crippen LogP contribution in [0, 0.1) is 0 Å². The molecule has 13 nitrogen and oxygen atoms in total. The maximum absolute atomic E-state index is 11.4. The fourth-order valence-corrected chi connectivity index (χ4v) is 2.01. The van der Waals surface area contributed by atoms with E-state index in [1.165, 1.54) is 0 Å². The molecule has 27 heavy (non-hydrogen) atoms. The van der Waals surface area contributed by atoms with Crippen LogP contribution < -0.4 is 5.32 Å². The summed E-state index contributed by atoms with van der Waals surface area (Å²) in [5.41, 5.74) is 0. The van der Waals surface area contributed by atoms with Crippen LogP contribution in [0.1, 0.15) is 27.7 Å². The van der Waals surface area contributed by atoms with Gasteiger partial charge in [-0.3, -0.25) is 19.2 Å². The third kappa shape index (κ3) is 5.96. The highest BCUT2D eigenvalue weighted by molar-refractivity contribution is 5.78. The van der Waals surface area contributed by atoms with Gasteiger partial charge in [0.05, 0.1) is 0 Å². The molecule has 5 unspecified atom stereocenters. The predicted octanol–water partition coefficient (Wildman–Crippen LogP) is -3.56. The Bertz CT molecular complexity index is 607. The van der Waals surface area contributed by atoms with Gasteiger partial charge in [-0.2, -0.15) is 0 Å². The van der Waals surface area contributed by atoms with Gasteiger partial charge in [0.25, 0.3) is 0 Å². The van der Waals surface area contributed by atoms with E-state index < -0.39 is 53.8 Å². The third-order valence-corrected chi connectivity index (χ3v) is 2.99. The monoisotopic (exact) mass is 395 g/mol. The van der Waals surface area contributed by atoms with Crippen molar-refractivity contribution in [1.29, 1.82) is 0 Å². The van der Waals surface area contributed by atoms with Crippen LogP contribution in [-0.2, 0) is 38.2 Å². The van der Waals surface area contributed by atoms with Crippen LogP contribution in [0.5, 0.6) is 0 Å². The highest BCUT2D eigenvalue weighted by atomic mass is 16.8. The predicted molar refractivity (Wildman–Crippen MR) is 80.9 cm³/mol. The summed E-state index contributed by atoms with van der Waals surface area (Å²) >= 11 is 0. The van der Waals surface area contributed by atoms with Gasteiger partial charge in [-0.15, -0.1) is 0 Å². The van der Waals surface area contributed by atoms with E-state index in [1.54, 1.807) is 5.32 Å². The fraction of sp³-hybridized carbons (Fsp3) is 0.643. The van der Waals surface area contributed by atoms with Crippen LogP contribution in [0.15, 0.2) is 0 Å². The second-order valence-corrected chi connectivity index (χ2v) is 5.34. The minimum absolute atomic E-state index is 0.205. The standard InChI is InChI=1S/C14H21NO12/c1-6(17)15-10(5-16)13(23,26-8(3)19)14(24,27-9(4)20)11(21)12(22)25-7(2)18/h5,10-12,21-24H,1-4H3,(H,15,17). The second kappa shape index (κ2) is 9.36. The van der Waals surface area contributed by atoms with Crippen molar-refractivity contribution in [1.82, 2.24) is 5.32 Å². The van der Waals surface area contributed by atoms with Crippen molar-refractivity contribution in [2.24, 2.45) is 0 Å². The largest absolute Gasteiger partial charge is 0.433 e. The number of rotatable bonds is 9. The Labute approximate surface area is 152 Å². The highest BCUT2D eigenvalue weighted by Crippen LogP contribution is 2.34. The van der Waals surface area contributed by atoms with Gasteiger partial charge in [0.1, 0.15) is 6.29 Å². The summed E-state index contributed by atoms with van der Waals surface area (Å²) in [6, 6.07) is -2.29. The number of ether oxygens (including phenoxy) is 3. The zero-order valence-corrected chi connectivity index (χ0v) is 14.9. The minimum Gasteiger partial charge on any atom is -0.433 e. The first-order valence-corrected chi connectivity index (χ1v) is 7.30. The summed E-state index contributed by atoms with van der Waals surface area (Å²) in [7, 11) is 0. The molecular formula is C14H21NO12. The smallest absolute Gasteiger partial charge is 0.312 e. The summed E-state index contributed by atoms with van der Waals surface area (Å²) in [5, 5.41) is 42.9. The Morgan fingerprint density at radius 2 is 1.33 bits per heavy atom. The number of aliphatic hydroxyl groups excluding tert-OH is 2. The number of aldehydes is 1. The van der Waals surface area contributed by atoms with Crippen molar-refractivity contribution in [3.8, 4) is 0 Å². The number of nitrogens with one attached hydrogen (secondary N) is 1. The number of esters is 3. The lowest BCUT2D eigenvalue weighted by molar-refractivity contribution is -0.404. The first-order chi connectivity index (χ1) is 12.2. The molecular weight excluding hydrogens is 374 g/mol. The van der Waals surface area contributed by atoms with E-state index in [2.05, 4.69) is 14.2 Å². The van der Waals surface area contributed by atoms with Gasteiger partial charge in [-0.05, 0) is 0 Å². The average Bonchev–Trinajstić information content (AvgIpc) is 2.48. The van der Waals surface area contributed by atoms with E-state index in [-0.39, 0.29) is 6.29 Å². The minimum atomic E-state index is -3.77. The lowest BCUT2D eigenvalue weighted by Crippen LogP contribution is -2.75. The van der Waals surface area contributed by atoms with Crippen molar-refractivity contribution in [3.63, 3.8) is 0 Å². The van der Waals surface area contributed by atoms with Crippen LogP contribution in [0.4, 0.5) is 0 Å². The number of amides is 1. The van der Waals surface area contributed by atoms with Crippen molar-refractivity contribution >= 4 is 30.1 Å². The SMILES string of the molecule is CC(=O)NC(C=O)C(O)(OC(C)=O)C(O)(OC(C)=O)C(O)C(O)OC(C)=O. The van der Waals surface area contributed by atoms with Crippen molar-refractivity contribution in [2.45, 2.75) is 57.7 Å². The second-order valence-electron chi connectivity index (χ2n) is 5.34. The summed E-state index contributed by atoms with van der Waals surface area (Å²) < 4.78 is 13.1. The molecule has 154 valence electrons. The Morgan fingerprint density at radius 1 is 0.889 bits per heavy atom. The maximum Gasteiger partial charge on any atom is 0.312 e. The molecule has 0 aromatic rings. The van der Waals surface area contributed by atoms with Gasteiger partial charge in [0.2, 0.25) is 12.2 Å². The van der Waals surface area contributed by atoms with Crippen molar-refractivity contribution in [2.75, 3.05) is 0 Å². The first kappa shape index (κ1) is 24.4. The molecule has 0 heterocycles. The average molecular weight is 395 g/mol. The molecule has 0 aliphatic rings. The molecule has 0 saturated heterocycles. The normalized spacial score (nSPS) is 18.5. The molecule has 0 aliphatic heterocycles. The van der Waals surface area contributed by atoms with E-state index in [0.717, 1.165) is 13.8 Å². The molecule has 0 aromatic heterocycles. The molecule has 0 radical (unpaired) electrons. The first-order valence-electron chi connectivity index (χ1n) is 7.30. The molecule has 1 amide bonds. The number of aliphatic hydroxyl groups is 4. The molecule has 13 heteroatoms. The van der Waals surface area contributed by atoms with Gasteiger partial charge in [-0.25, -0.2) is 0 Å². The number of carbonyl (C=O) groups is 5. The zero-order valence-electron chi connectivity index (χ0n) is 14.9. The summed E-state index contributed by atoms with van der Waals surface area (Å²) in [6.07, 6.45) is -5.67. The summed E-state index contributed by atoms with van der Waals surface area (Å²) in [6.45, 7) is 3.10. The lowest BCUT2D eigenvalue weighted by atomic mass is 9.92. The molecule has 0 rings (SSSR count). The van der Waals surface area contributed by atoms with Gasteiger partial charge in [0, 0.05) is 27.7 Å². The zero-order chi connectivity index (χ0) is 21.6. The van der Waals surface area contributed by atoms with Crippen LogP contribution in [0.3, 0.4) is 0 Å². The van der Waals surface area contributed by atoms with Crippen LogP contribution in [0.25, 0.3) is 0 Å². The quantitative estimate of drug-likeness (QED) is 0.111. The number of carbonyl (C=O) groups excluding carboxylic acids is 5. The Hall–Kier alpha value is -2.61. The molecule has 0 aliphatic carbocycles. The van der Waals surface area contributed by atoms with Gasteiger partial charge >= 0.3 is 29.5 Å². The van der Waals surface area contributed by atoms with Crippen LogP contribution in [-0.4, -0.2) is 80.5 Å². The lowest BCUT2D eigenvalue weighted by Gasteiger charge is -2.45. The fourth-order valence-electron chi connectivity index (χ4n) is 2.01. The summed E-state index contributed by atoms with van der Waals surface area (Å²) in [4.78, 5) is 56.2. The van der Waals surface area contributed by atoms with Gasteiger partial charge < -0.3 is 44.7 Å². The van der Waals surface area contributed by atoms with Gasteiger partial charge in [-0.1, -0.05) is 0 Å². The molecule has 0 spiro atoms. The Kier molecular flexibility index (Phi) is 8.46. The van der Waals surface area contributed by atoms with Crippen molar-refractivity contribution in [3.05, 3.63) is 0 Å². The Morgan fingerprint density at radius 3 is 1.67 bits per heavy atom. The highest BCUT2D eigenvalue weighted by Gasteiger charge is 2.67. The Balaban J connectivity index is 6.46. The van der Waals surface area contributed by atoms with Gasteiger partial charge in [0.15, 0.2) is 12.1 Å². The molecule has 0 saturated carbocycles. The molecule has 0 aromatic carbocycles. The van der Waals surface area contributed by atoms with Crippen LogP contribution >= 0.6 is 0 Å². The molecule has 5 N–H and O–H groups in total. The summed E-state index contributed by atoms with van der Waals surface area (Å²) in [5.74, 6) is -12.3. The van der Waals surface area contributed by atoms with E-state index in [0.29, 0.717) is 13.8 Å². The molecule has 0 bridgehead atoms. The topological polar surface area (TPSA) is 206 Å². The van der Waals surface area contributed by atoms with E-state index in [4.69, 9.17) is 0 Å². The van der Waals surface area contributed by atoms with E-state index in [9.17, 15) is 44.4 Å². The van der Waals surface area contributed by atoms with Crippen molar-refractivity contribution < 1.29 is 58.6 Å². The van der Waals surface area contributed by atoms with E-state index in [1.807, 2.05) is 0 Å². The maximum atomic E-state index is 11.4. The number of hydrogen-bond donors (Lipinski definition) is 5.